The maximum atomic E-state index is 13.2. The number of carbonyl (C=O) groups is 2. The Morgan fingerprint density at radius 3 is 2.55 bits per heavy atom. The Morgan fingerprint density at radius 2 is 1.81 bits per heavy atom. The van der Waals surface area contributed by atoms with Crippen LogP contribution < -0.4 is 10.2 Å². The molecule has 0 aromatic heterocycles. The predicted octanol–water partition coefficient (Wildman–Crippen LogP) is 5.45. The first-order chi connectivity index (χ1) is 14.9. The number of aryl methyl sites for hydroxylation is 2. The molecule has 5 nitrogen and oxygen atoms in total. The highest BCUT2D eigenvalue weighted by Gasteiger charge is 2.27. The van der Waals surface area contributed by atoms with Gasteiger partial charge in [-0.15, -0.1) is 0 Å². The number of halogens is 1. The monoisotopic (exact) mass is 431 g/mol. The summed E-state index contributed by atoms with van der Waals surface area (Å²) in [6.07, 6.45) is 0.118. The van der Waals surface area contributed by atoms with Gasteiger partial charge in [0.15, 0.2) is 0 Å². The van der Waals surface area contributed by atoms with Crippen molar-refractivity contribution in [2.75, 3.05) is 16.8 Å². The van der Waals surface area contributed by atoms with Crippen LogP contribution in [0.25, 0.3) is 0 Å². The molecule has 1 aliphatic heterocycles. The number of amides is 2. The van der Waals surface area contributed by atoms with Gasteiger partial charge in [-0.2, -0.15) is 0 Å². The van der Waals surface area contributed by atoms with Gasteiger partial charge >= 0.3 is 0 Å². The summed E-state index contributed by atoms with van der Waals surface area (Å²) in [6.45, 7) is 3.95. The van der Waals surface area contributed by atoms with Gasteiger partial charge in [0.1, 0.15) is 6.54 Å². The summed E-state index contributed by atoms with van der Waals surface area (Å²) >= 11 is 5.90. The number of nitrogens with zero attached hydrogens (tertiary/aromatic N) is 2. The van der Waals surface area contributed by atoms with Crippen LogP contribution in [0.4, 0.5) is 17.1 Å². The Kier molecular flexibility index (Phi) is 5.87. The predicted molar refractivity (Wildman–Crippen MR) is 126 cm³/mol. The Labute approximate surface area is 186 Å². The summed E-state index contributed by atoms with van der Waals surface area (Å²) in [7, 11) is 0. The van der Waals surface area contributed by atoms with Gasteiger partial charge in [-0.05, 0) is 61.4 Å². The van der Waals surface area contributed by atoms with E-state index in [1.807, 2.05) is 50.2 Å². The fourth-order valence-corrected chi connectivity index (χ4v) is 3.81. The van der Waals surface area contributed by atoms with Crippen LogP contribution in [0.5, 0.6) is 0 Å². The van der Waals surface area contributed by atoms with Crippen LogP contribution >= 0.6 is 11.6 Å². The topological polar surface area (TPSA) is 61.8 Å². The van der Waals surface area contributed by atoms with E-state index >= 15 is 0 Å². The average molecular weight is 432 g/mol. The molecule has 1 N–H and O–H groups in total. The maximum Gasteiger partial charge on any atom is 0.244 e. The lowest BCUT2D eigenvalue weighted by atomic mass is 9.99. The molecule has 31 heavy (non-hydrogen) atoms. The number of nitrogens with one attached hydrogen (secondary N) is 1. The first-order valence-electron chi connectivity index (χ1n) is 10.0. The van der Waals surface area contributed by atoms with Crippen molar-refractivity contribution < 1.29 is 9.59 Å². The minimum atomic E-state index is -0.291. The molecule has 0 radical (unpaired) electrons. The van der Waals surface area contributed by atoms with Gasteiger partial charge in [0.25, 0.3) is 0 Å². The third kappa shape index (κ3) is 4.67. The number of hydrogen-bond acceptors (Lipinski definition) is 3. The zero-order valence-electron chi connectivity index (χ0n) is 17.4. The van der Waals surface area contributed by atoms with E-state index in [-0.39, 0.29) is 24.8 Å². The van der Waals surface area contributed by atoms with Crippen molar-refractivity contribution in [1.29, 1.82) is 0 Å². The third-order valence-electron chi connectivity index (χ3n) is 5.17. The van der Waals surface area contributed by atoms with E-state index in [1.165, 1.54) is 4.90 Å². The van der Waals surface area contributed by atoms with E-state index < -0.39 is 0 Å². The van der Waals surface area contributed by atoms with Gasteiger partial charge in [-0.25, -0.2) is 0 Å². The van der Waals surface area contributed by atoms with Gasteiger partial charge in [0.05, 0.1) is 23.5 Å². The molecule has 3 aromatic carbocycles. The van der Waals surface area contributed by atoms with E-state index in [9.17, 15) is 9.59 Å². The lowest BCUT2D eigenvalue weighted by molar-refractivity contribution is -0.120. The van der Waals surface area contributed by atoms with Crippen molar-refractivity contribution in [3.05, 3.63) is 88.4 Å². The van der Waals surface area contributed by atoms with Crippen molar-refractivity contribution in [2.45, 2.75) is 20.3 Å². The summed E-state index contributed by atoms with van der Waals surface area (Å²) in [5.41, 5.74) is 5.79. The van der Waals surface area contributed by atoms with Crippen molar-refractivity contribution in [1.82, 2.24) is 0 Å². The molecule has 3 aromatic rings. The molecule has 1 aliphatic rings. The highest BCUT2D eigenvalue weighted by atomic mass is 35.5. The second-order valence-corrected chi connectivity index (χ2v) is 8.01. The Morgan fingerprint density at radius 1 is 1.06 bits per heavy atom. The molecule has 1 heterocycles. The Hall–Kier alpha value is -3.44. The molecule has 156 valence electrons. The highest BCUT2D eigenvalue weighted by molar-refractivity contribution is 6.30. The average Bonchev–Trinajstić information content (AvgIpc) is 2.86. The summed E-state index contributed by atoms with van der Waals surface area (Å²) in [4.78, 5) is 32.2. The minimum absolute atomic E-state index is 0.103. The SMILES string of the molecule is Cc1ccc(C2=Nc3ccccc3N(CC(=O)Nc3ccc(Cl)cc3)C(=O)C2)c(C)c1. The fourth-order valence-electron chi connectivity index (χ4n) is 3.69. The second-order valence-electron chi connectivity index (χ2n) is 7.58. The van der Waals surface area contributed by atoms with Crippen molar-refractivity contribution in [3.63, 3.8) is 0 Å². The molecule has 6 heteroatoms. The minimum Gasteiger partial charge on any atom is -0.325 e. The smallest absolute Gasteiger partial charge is 0.244 e. The van der Waals surface area contributed by atoms with Crippen molar-refractivity contribution in [2.24, 2.45) is 4.99 Å². The third-order valence-corrected chi connectivity index (χ3v) is 5.42. The summed E-state index contributed by atoms with van der Waals surface area (Å²) < 4.78 is 0. The molecule has 0 saturated carbocycles. The lowest BCUT2D eigenvalue weighted by Gasteiger charge is -2.22. The number of hydrogen-bond donors (Lipinski definition) is 1. The number of para-hydroxylation sites is 2. The first-order valence-corrected chi connectivity index (χ1v) is 10.4. The number of anilines is 2. The number of fused-ring (bicyclic) bond motifs is 1. The number of aliphatic imine (C=N–C) groups is 1. The van der Waals surface area contributed by atoms with Crippen molar-refractivity contribution in [3.8, 4) is 0 Å². The number of rotatable bonds is 4. The summed E-state index contributed by atoms with van der Waals surface area (Å²) in [5, 5.41) is 3.41. The molecule has 2 amide bonds. The van der Waals surface area contributed by atoms with Crippen LogP contribution in [-0.2, 0) is 9.59 Å². The van der Waals surface area contributed by atoms with Gasteiger partial charge in [0.2, 0.25) is 11.8 Å². The molecule has 0 atom stereocenters. The molecule has 0 unspecified atom stereocenters. The molecule has 0 spiro atoms. The van der Waals surface area contributed by atoms with E-state index in [4.69, 9.17) is 16.6 Å². The Balaban J connectivity index is 1.62. The van der Waals surface area contributed by atoms with Crippen LogP contribution in [0, 0.1) is 13.8 Å². The maximum absolute atomic E-state index is 13.2. The van der Waals surface area contributed by atoms with Crippen LogP contribution in [0.1, 0.15) is 23.1 Å². The summed E-state index contributed by atoms with van der Waals surface area (Å²) in [5.74, 6) is -0.463. The van der Waals surface area contributed by atoms with Crippen LogP contribution in [0.15, 0.2) is 71.7 Å². The van der Waals surface area contributed by atoms with E-state index in [0.29, 0.717) is 27.8 Å². The first kappa shape index (κ1) is 20.8. The lowest BCUT2D eigenvalue weighted by Crippen LogP contribution is -2.38. The van der Waals surface area contributed by atoms with Gasteiger partial charge in [-0.3, -0.25) is 14.6 Å². The molecule has 0 bridgehead atoms. The number of carbonyl (C=O) groups excluding carboxylic acids is 2. The molecular formula is C25H22ClN3O2. The zero-order valence-corrected chi connectivity index (χ0v) is 18.1. The molecule has 0 saturated heterocycles. The van der Waals surface area contributed by atoms with E-state index in [0.717, 1.165) is 16.7 Å². The molecular weight excluding hydrogens is 410 g/mol. The molecule has 4 rings (SSSR count). The standard InChI is InChI=1S/C25H22ClN3O2/c1-16-7-12-20(17(2)13-16)22-14-25(31)29(23-6-4-3-5-21(23)28-22)15-24(30)27-19-10-8-18(26)9-11-19/h3-13H,14-15H2,1-2H3,(H,27,30). The second kappa shape index (κ2) is 8.74. The van der Waals surface area contributed by atoms with Crippen LogP contribution in [0.2, 0.25) is 5.02 Å². The molecule has 0 aliphatic carbocycles. The molecule has 0 fully saturated rings. The number of benzene rings is 3. The van der Waals surface area contributed by atoms with Gasteiger partial charge < -0.3 is 10.2 Å². The Bertz CT molecular complexity index is 1190. The van der Waals surface area contributed by atoms with E-state index in [2.05, 4.69) is 11.4 Å². The summed E-state index contributed by atoms with van der Waals surface area (Å²) in [6, 6.07) is 20.3. The van der Waals surface area contributed by atoms with Crippen LogP contribution in [0.3, 0.4) is 0 Å². The fraction of sp³-hybridized carbons (Fsp3) is 0.160. The zero-order chi connectivity index (χ0) is 22.0. The quantitative estimate of drug-likeness (QED) is 0.596. The highest BCUT2D eigenvalue weighted by Crippen LogP contribution is 2.33. The van der Waals surface area contributed by atoms with Crippen LogP contribution in [-0.4, -0.2) is 24.1 Å². The van der Waals surface area contributed by atoms with E-state index in [1.54, 1.807) is 24.3 Å². The normalized spacial score (nSPS) is 13.3. The van der Waals surface area contributed by atoms with Gasteiger partial charge in [0, 0.05) is 10.7 Å². The van der Waals surface area contributed by atoms with Crippen molar-refractivity contribution >= 4 is 46.2 Å². The largest absolute Gasteiger partial charge is 0.325 e. The van der Waals surface area contributed by atoms with Gasteiger partial charge in [-0.1, -0.05) is 47.5 Å².